The molecular formula is C16H16N6O3. The van der Waals surface area contributed by atoms with E-state index in [1.165, 1.54) is 15.4 Å². The van der Waals surface area contributed by atoms with Gasteiger partial charge in [0.1, 0.15) is 6.33 Å². The molecule has 0 unspecified atom stereocenters. The van der Waals surface area contributed by atoms with Crippen molar-refractivity contribution < 1.29 is 9.53 Å². The molecule has 1 aliphatic heterocycles. The summed E-state index contributed by atoms with van der Waals surface area (Å²) >= 11 is 0. The van der Waals surface area contributed by atoms with Crippen molar-refractivity contribution in [3.8, 4) is 0 Å². The van der Waals surface area contributed by atoms with Gasteiger partial charge in [-0.3, -0.25) is 4.79 Å². The average Bonchev–Trinajstić information content (AvgIpc) is 3.10. The Kier molecular flexibility index (Phi) is 3.98. The zero-order valence-corrected chi connectivity index (χ0v) is 13.4. The molecule has 0 N–H and O–H groups in total. The van der Waals surface area contributed by atoms with Crippen LogP contribution in [0.4, 0.5) is 0 Å². The number of ether oxygens (including phenoxy) is 1. The van der Waals surface area contributed by atoms with Gasteiger partial charge in [0.15, 0.2) is 11.3 Å². The Morgan fingerprint density at radius 3 is 2.68 bits per heavy atom. The van der Waals surface area contributed by atoms with E-state index in [0.717, 1.165) is 5.56 Å². The highest BCUT2D eigenvalue weighted by atomic mass is 16.5. The first-order valence-electron chi connectivity index (χ1n) is 7.96. The van der Waals surface area contributed by atoms with Crippen molar-refractivity contribution in [2.24, 2.45) is 0 Å². The molecule has 9 nitrogen and oxygen atoms in total. The lowest BCUT2D eigenvalue weighted by atomic mass is 10.2. The van der Waals surface area contributed by atoms with Crippen LogP contribution in [0.5, 0.6) is 0 Å². The molecular weight excluding hydrogens is 324 g/mol. The topological polar surface area (TPSA) is 94.6 Å². The molecule has 3 heterocycles. The Morgan fingerprint density at radius 1 is 1.16 bits per heavy atom. The van der Waals surface area contributed by atoms with Crippen molar-refractivity contribution in [1.82, 2.24) is 29.3 Å². The summed E-state index contributed by atoms with van der Waals surface area (Å²) in [7, 11) is 0. The summed E-state index contributed by atoms with van der Waals surface area (Å²) in [4.78, 5) is 30.9. The summed E-state index contributed by atoms with van der Waals surface area (Å²) in [6, 6.07) is 9.49. The molecule has 0 bridgehead atoms. The second kappa shape index (κ2) is 6.44. The second-order valence-corrected chi connectivity index (χ2v) is 5.71. The molecule has 1 amide bonds. The van der Waals surface area contributed by atoms with Crippen LogP contribution in [0, 0.1) is 0 Å². The number of hydrogen-bond acceptors (Lipinski definition) is 6. The molecule has 3 aromatic rings. The third-order valence-electron chi connectivity index (χ3n) is 4.09. The molecule has 1 fully saturated rings. The molecule has 0 radical (unpaired) electrons. The summed E-state index contributed by atoms with van der Waals surface area (Å²) in [5.74, 6) is -0.264. The number of fused-ring (bicyclic) bond motifs is 1. The van der Waals surface area contributed by atoms with E-state index in [9.17, 15) is 9.59 Å². The number of rotatable bonds is 3. The third kappa shape index (κ3) is 2.89. The van der Waals surface area contributed by atoms with Crippen LogP contribution in [-0.2, 0) is 11.3 Å². The number of aromatic nitrogens is 5. The SMILES string of the molecule is O=C(c1ncn2c(=O)n(Cc3ccccc3)nnc12)N1CCOCC1. The van der Waals surface area contributed by atoms with Crippen molar-refractivity contribution in [2.45, 2.75) is 6.54 Å². The first-order chi connectivity index (χ1) is 12.2. The van der Waals surface area contributed by atoms with Gasteiger partial charge >= 0.3 is 5.69 Å². The van der Waals surface area contributed by atoms with E-state index >= 15 is 0 Å². The summed E-state index contributed by atoms with van der Waals surface area (Å²) in [5.41, 5.74) is 0.856. The number of carbonyl (C=O) groups excluding carboxylic acids is 1. The largest absolute Gasteiger partial charge is 0.378 e. The lowest BCUT2D eigenvalue weighted by Gasteiger charge is -2.25. The molecule has 1 saturated heterocycles. The van der Waals surface area contributed by atoms with E-state index in [1.807, 2.05) is 30.3 Å². The maximum absolute atomic E-state index is 12.6. The first-order valence-corrected chi connectivity index (χ1v) is 7.96. The Morgan fingerprint density at radius 2 is 1.92 bits per heavy atom. The molecule has 0 atom stereocenters. The van der Waals surface area contributed by atoms with Crippen LogP contribution < -0.4 is 5.69 Å². The fraction of sp³-hybridized carbons (Fsp3) is 0.312. The molecule has 9 heteroatoms. The van der Waals surface area contributed by atoms with E-state index in [4.69, 9.17) is 4.74 Å². The number of imidazole rings is 1. The Hall–Kier alpha value is -3.07. The van der Waals surface area contributed by atoms with Gasteiger partial charge in [-0.25, -0.2) is 14.2 Å². The highest BCUT2D eigenvalue weighted by Crippen LogP contribution is 2.09. The van der Waals surface area contributed by atoms with Gasteiger partial charge in [-0.1, -0.05) is 35.5 Å². The second-order valence-electron chi connectivity index (χ2n) is 5.71. The molecule has 1 aliphatic rings. The van der Waals surface area contributed by atoms with Gasteiger partial charge in [-0.05, 0) is 5.56 Å². The van der Waals surface area contributed by atoms with Crippen LogP contribution in [0.2, 0.25) is 0 Å². The summed E-state index contributed by atoms with van der Waals surface area (Å²) < 4.78 is 7.74. The minimum absolute atomic E-state index is 0.137. The predicted octanol–water partition coefficient (Wildman–Crippen LogP) is -0.193. The number of morpholine rings is 1. The summed E-state index contributed by atoms with van der Waals surface area (Å²) in [6.45, 7) is 2.28. The summed E-state index contributed by atoms with van der Waals surface area (Å²) in [5, 5.41) is 8.01. The minimum atomic E-state index is -0.387. The van der Waals surface area contributed by atoms with Crippen LogP contribution in [0.15, 0.2) is 41.5 Å². The average molecular weight is 340 g/mol. The quantitative estimate of drug-likeness (QED) is 0.656. The normalized spacial score (nSPS) is 14.8. The molecule has 0 spiro atoms. The van der Waals surface area contributed by atoms with Gasteiger partial charge in [0.2, 0.25) is 0 Å². The van der Waals surface area contributed by atoms with Gasteiger partial charge in [0.25, 0.3) is 5.91 Å². The monoisotopic (exact) mass is 340 g/mol. The number of amides is 1. The molecule has 128 valence electrons. The fourth-order valence-electron chi connectivity index (χ4n) is 2.76. The van der Waals surface area contributed by atoms with E-state index in [1.54, 1.807) is 4.90 Å². The lowest BCUT2D eigenvalue weighted by molar-refractivity contribution is 0.0300. The molecule has 0 saturated carbocycles. The molecule has 4 rings (SSSR count). The Labute approximate surface area is 142 Å². The van der Waals surface area contributed by atoms with Crippen LogP contribution in [0.3, 0.4) is 0 Å². The first kappa shape index (κ1) is 15.5. The van der Waals surface area contributed by atoms with Gasteiger partial charge in [-0.15, -0.1) is 5.10 Å². The van der Waals surface area contributed by atoms with Crippen LogP contribution in [0.1, 0.15) is 16.1 Å². The van der Waals surface area contributed by atoms with Crippen LogP contribution in [-0.4, -0.2) is 61.5 Å². The van der Waals surface area contributed by atoms with Crippen LogP contribution >= 0.6 is 0 Å². The zero-order chi connectivity index (χ0) is 17.2. The van der Waals surface area contributed by atoms with Gasteiger partial charge < -0.3 is 9.64 Å². The number of nitrogens with zero attached hydrogens (tertiary/aromatic N) is 6. The van der Waals surface area contributed by atoms with E-state index in [0.29, 0.717) is 32.8 Å². The zero-order valence-electron chi connectivity index (χ0n) is 13.4. The van der Waals surface area contributed by atoms with E-state index < -0.39 is 0 Å². The highest BCUT2D eigenvalue weighted by Gasteiger charge is 2.24. The molecule has 25 heavy (non-hydrogen) atoms. The number of benzene rings is 1. The standard InChI is InChI=1S/C16H16N6O3/c23-15(20-6-8-25-9-7-20)13-14-18-19-22(16(24)21(14)11-17-13)10-12-4-2-1-3-5-12/h1-5,11H,6-10H2. The van der Waals surface area contributed by atoms with Crippen molar-refractivity contribution >= 4 is 11.6 Å². The molecule has 1 aromatic carbocycles. The van der Waals surface area contributed by atoms with Gasteiger partial charge in [-0.2, -0.15) is 4.68 Å². The van der Waals surface area contributed by atoms with Crippen molar-refractivity contribution in [2.75, 3.05) is 26.3 Å². The Balaban J connectivity index is 1.67. The Bertz CT molecular complexity index is 959. The van der Waals surface area contributed by atoms with Gasteiger partial charge in [0, 0.05) is 13.1 Å². The summed E-state index contributed by atoms with van der Waals surface area (Å²) in [6.07, 6.45) is 1.32. The fourth-order valence-corrected chi connectivity index (χ4v) is 2.76. The number of hydrogen-bond donors (Lipinski definition) is 0. The van der Waals surface area contributed by atoms with Crippen LogP contribution in [0.25, 0.3) is 5.65 Å². The van der Waals surface area contributed by atoms with E-state index in [-0.39, 0.29) is 22.9 Å². The third-order valence-corrected chi connectivity index (χ3v) is 4.09. The molecule has 0 aliphatic carbocycles. The number of carbonyl (C=O) groups is 1. The van der Waals surface area contributed by atoms with Crippen molar-refractivity contribution in [1.29, 1.82) is 0 Å². The van der Waals surface area contributed by atoms with Crippen molar-refractivity contribution in [3.63, 3.8) is 0 Å². The van der Waals surface area contributed by atoms with Gasteiger partial charge in [0.05, 0.1) is 19.8 Å². The highest BCUT2D eigenvalue weighted by molar-refractivity contribution is 5.97. The predicted molar refractivity (Wildman–Crippen MR) is 87.3 cm³/mol. The maximum atomic E-state index is 12.6. The lowest BCUT2D eigenvalue weighted by Crippen LogP contribution is -2.41. The maximum Gasteiger partial charge on any atom is 0.353 e. The molecule has 2 aromatic heterocycles. The van der Waals surface area contributed by atoms with Crippen molar-refractivity contribution in [3.05, 3.63) is 58.4 Å². The van der Waals surface area contributed by atoms with E-state index in [2.05, 4.69) is 15.3 Å². The smallest absolute Gasteiger partial charge is 0.353 e. The minimum Gasteiger partial charge on any atom is -0.378 e.